The highest BCUT2D eigenvalue weighted by molar-refractivity contribution is 7.15. The first-order valence-electron chi connectivity index (χ1n) is 10.2. The molecule has 1 aromatic carbocycles. The van der Waals surface area contributed by atoms with Crippen LogP contribution in [0.25, 0.3) is 0 Å². The molecular formula is C20H21FN6O5S2. The van der Waals surface area contributed by atoms with Crippen molar-refractivity contribution in [1.82, 2.24) is 20.4 Å². The van der Waals surface area contributed by atoms with Crippen molar-refractivity contribution >= 4 is 50.7 Å². The largest absolute Gasteiger partial charge is 0.479 e. The number of aliphatic carboxylic acids is 1. The highest BCUT2D eigenvalue weighted by Gasteiger charge is 2.19. The number of rotatable bonds is 12. The Kier molecular flexibility index (Phi) is 9.07. The molecule has 2 amide bonds. The number of carbonyl (C=O) groups is 3. The molecule has 11 nitrogen and oxygen atoms in total. The van der Waals surface area contributed by atoms with Gasteiger partial charge in [0, 0.05) is 12.8 Å². The molecule has 2 aromatic heterocycles. The summed E-state index contributed by atoms with van der Waals surface area (Å²) in [6.07, 6.45) is 0.555. The number of amides is 2. The number of carboxylic acids is 1. The monoisotopic (exact) mass is 508 g/mol. The van der Waals surface area contributed by atoms with Gasteiger partial charge in [0.05, 0.1) is 12.8 Å². The van der Waals surface area contributed by atoms with Gasteiger partial charge in [0.2, 0.25) is 22.1 Å². The number of hydrogen-bond donors (Lipinski definition) is 4. The summed E-state index contributed by atoms with van der Waals surface area (Å²) in [5.74, 6) is -2.83. The summed E-state index contributed by atoms with van der Waals surface area (Å²) in [6.45, 7) is 0. The molecule has 3 rings (SSSR count). The fraction of sp³-hybridized carbons (Fsp3) is 0.350. The van der Waals surface area contributed by atoms with Crippen LogP contribution in [0.15, 0.2) is 24.3 Å². The fourth-order valence-electron chi connectivity index (χ4n) is 2.79. The van der Waals surface area contributed by atoms with Crippen LogP contribution in [0.3, 0.4) is 0 Å². The molecule has 180 valence electrons. The maximum atomic E-state index is 13.2. The Hall–Kier alpha value is -3.36. The van der Waals surface area contributed by atoms with E-state index in [1.54, 1.807) is 12.1 Å². The fourth-order valence-corrected chi connectivity index (χ4v) is 4.39. The van der Waals surface area contributed by atoms with E-state index >= 15 is 0 Å². The van der Waals surface area contributed by atoms with E-state index in [4.69, 9.17) is 5.11 Å². The van der Waals surface area contributed by atoms with Gasteiger partial charge in [0.1, 0.15) is 15.8 Å². The minimum Gasteiger partial charge on any atom is -0.479 e. The minimum absolute atomic E-state index is 0.0388. The van der Waals surface area contributed by atoms with Crippen molar-refractivity contribution in [3.05, 3.63) is 45.7 Å². The molecule has 34 heavy (non-hydrogen) atoms. The Morgan fingerprint density at radius 3 is 2.09 bits per heavy atom. The van der Waals surface area contributed by atoms with Gasteiger partial charge in [0.15, 0.2) is 6.10 Å². The summed E-state index contributed by atoms with van der Waals surface area (Å²) in [5.41, 5.74) is 0.569. The van der Waals surface area contributed by atoms with Gasteiger partial charge < -0.3 is 20.8 Å². The SMILES string of the molecule is O=C(Cc1cccc(F)c1)Nc1nnc(CCCCc2nnc(NC(=O)CC(O)C(=O)O)s2)s1. The van der Waals surface area contributed by atoms with E-state index in [0.29, 0.717) is 28.5 Å². The zero-order valence-corrected chi connectivity index (χ0v) is 19.4. The van der Waals surface area contributed by atoms with Crippen LogP contribution in [-0.4, -0.2) is 54.5 Å². The number of halogens is 1. The average Bonchev–Trinajstić information content (AvgIpc) is 3.40. The molecule has 0 fully saturated rings. The number of benzene rings is 1. The van der Waals surface area contributed by atoms with Gasteiger partial charge in [0.25, 0.3) is 0 Å². The van der Waals surface area contributed by atoms with E-state index in [0.717, 1.165) is 17.8 Å². The molecule has 0 bridgehead atoms. The van der Waals surface area contributed by atoms with Crippen LogP contribution in [0.1, 0.15) is 34.8 Å². The highest BCUT2D eigenvalue weighted by Crippen LogP contribution is 2.20. The van der Waals surface area contributed by atoms with Crippen LogP contribution < -0.4 is 10.6 Å². The van der Waals surface area contributed by atoms with E-state index < -0.39 is 30.2 Å². The third-order valence-corrected chi connectivity index (χ3v) is 6.17. The number of nitrogens with one attached hydrogen (secondary N) is 2. The van der Waals surface area contributed by atoms with Crippen LogP contribution in [0.2, 0.25) is 0 Å². The molecule has 14 heteroatoms. The summed E-state index contributed by atoms with van der Waals surface area (Å²) in [7, 11) is 0. The second kappa shape index (κ2) is 12.2. The summed E-state index contributed by atoms with van der Waals surface area (Å²) in [6, 6.07) is 5.85. The van der Waals surface area contributed by atoms with E-state index in [1.807, 2.05) is 0 Å². The number of anilines is 2. The van der Waals surface area contributed by atoms with Gasteiger partial charge in [-0.2, -0.15) is 0 Å². The Morgan fingerprint density at radius 2 is 1.53 bits per heavy atom. The second-order valence-corrected chi connectivity index (χ2v) is 9.29. The molecule has 3 aromatic rings. The Balaban J connectivity index is 1.36. The maximum Gasteiger partial charge on any atom is 0.333 e. The Bertz CT molecular complexity index is 1150. The number of aliphatic hydroxyl groups excluding tert-OH is 1. The third kappa shape index (κ3) is 8.20. The Morgan fingerprint density at radius 1 is 0.941 bits per heavy atom. The Labute approximate surface area is 201 Å². The molecule has 0 saturated carbocycles. The standard InChI is InChI=1S/C20H21FN6O5S2/c21-12-5-3-4-11(8-12)9-14(29)22-19-26-24-16(33-19)6-1-2-7-17-25-27-20(34-17)23-15(30)10-13(28)18(31)32/h3-5,8,13,28H,1-2,6-7,9-10H2,(H,31,32)(H,22,26,29)(H,23,27,30). The first-order chi connectivity index (χ1) is 16.3. The highest BCUT2D eigenvalue weighted by atomic mass is 32.1. The topological polar surface area (TPSA) is 167 Å². The van der Waals surface area contributed by atoms with Gasteiger partial charge in [-0.3, -0.25) is 9.59 Å². The molecule has 0 spiro atoms. The lowest BCUT2D eigenvalue weighted by molar-refractivity contribution is -0.148. The quantitative estimate of drug-likeness (QED) is 0.268. The van der Waals surface area contributed by atoms with E-state index in [2.05, 4.69) is 31.0 Å². The van der Waals surface area contributed by atoms with Gasteiger partial charge in [-0.1, -0.05) is 34.8 Å². The number of aryl methyl sites for hydroxylation is 2. The molecule has 0 radical (unpaired) electrons. The number of unbranched alkanes of at least 4 members (excludes halogenated alkanes) is 1. The third-order valence-electron chi connectivity index (χ3n) is 4.38. The van der Waals surface area contributed by atoms with E-state index in [1.165, 1.54) is 34.8 Å². The van der Waals surface area contributed by atoms with Gasteiger partial charge in [-0.25, -0.2) is 9.18 Å². The lowest BCUT2D eigenvalue weighted by Gasteiger charge is -2.03. The molecule has 0 aliphatic rings. The number of carbonyl (C=O) groups excluding carboxylic acids is 2. The predicted octanol–water partition coefficient (Wildman–Crippen LogP) is 2.05. The number of nitrogens with zero attached hydrogens (tertiary/aromatic N) is 4. The van der Waals surface area contributed by atoms with Crippen molar-refractivity contribution in [2.75, 3.05) is 10.6 Å². The van der Waals surface area contributed by atoms with Gasteiger partial charge in [-0.15, -0.1) is 20.4 Å². The van der Waals surface area contributed by atoms with E-state index in [-0.39, 0.29) is 17.5 Å². The summed E-state index contributed by atoms with van der Waals surface area (Å²) >= 11 is 2.45. The second-order valence-electron chi connectivity index (χ2n) is 7.17. The average molecular weight is 509 g/mol. The summed E-state index contributed by atoms with van der Waals surface area (Å²) < 4.78 is 13.2. The summed E-state index contributed by atoms with van der Waals surface area (Å²) in [4.78, 5) is 34.4. The smallest absolute Gasteiger partial charge is 0.333 e. The van der Waals surface area contributed by atoms with Crippen LogP contribution in [0.5, 0.6) is 0 Å². The van der Waals surface area contributed by atoms with Crippen molar-refractivity contribution in [3.63, 3.8) is 0 Å². The zero-order valence-electron chi connectivity index (χ0n) is 17.7. The van der Waals surface area contributed by atoms with Gasteiger partial charge >= 0.3 is 5.97 Å². The molecule has 2 heterocycles. The van der Waals surface area contributed by atoms with Crippen molar-refractivity contribution in [1.29, 1.82) is 0 Å². The molecule has 4 N–H and O–H groups in total. The van der Waals surface area contributed by atoms with Crippen molar-refractivity contribution in [3.8, 4) is 0 Å². The number of hydrogen-bond acceptors (Lipinski definition) is 10. The number of carboxylic acid groups (broad SMARTS) is 1. The van der Waals surface area contributed by atoms with Crippen molar-refractivity contribution in [2.24, 2.45) is 0 Å². The van der Waals surface area contributed by atoms with Gasteiger partial charge in [-0.05, 0) is 30.5 Å². The number of aliphatic hydroxyl groups is 1. The molecule has 0 saturated heterocycles. The minimum atomic E-state index is -1.77. The van der Waals surface area contributed by atoms with E-state index in [9.17, 15) is 23.9 Å². The molecular weight excluding hydrogens is 487 g/mol. The summed E-state index contributed by atoms with van der Waals surface area (Å²) in [5, 5.41) is 40.8. The van der Waals surface area contributed by atoms with Crippen LogP contribution >= 0.6 is 22.7 Å². The lowest BCUT2D eigenvalue weighted by atomic mass is 10.1. The predicted molar refractivity (Wildman–Crippen MR) is 122 cm³/mol. The first kappa shape index (κ1) is 25.3. The zero-order chi connectivity index (χ0) is 24.5. The maximum absolute atomic E-state index is 13.2. The first-order valence-corrected chi connectivity index (χ1v) is 11.8. The van der Waals surface area contributed by atoms with Crippen LogP contribution in [0.4, 0.5) is 14.7 Å². The van der Waals surface area contributed by atoms with Crippen LogP contribution in [0, 0.1) is 5.82 Å². The lowest BCUT2D eigenvalue weighted by Crippen LogP contribution is -2.26. The molecule has 1 atom stereocenters. The molecule has 0 aliphatic carbocycles. The molecule has 1 unspecified atom stereocenters. The van der Waals surface area contributed by atoms with Crippen molar-refractivity contribution < 1.29 is 29.0 Å². The molecule has 0 aliphatic heterocycles. The number of aromatic nitrogens is 4. The van der Waals surface area contributed by atoms with Crippen molar-refractivity contribution in [2.45, 2.75) is 44.6 Å². The normalized spacial score (nSPS) is 11.7. The van der Waals surface area contributed by atoms with Crippen LogP contribution in [-0.2, 0) is 33.6 Å².